The fraction of sp³-hybridized carbons (Fsp3) is 0.875. The molecule has 0 aliphatic heterocycles. The van der Waals surface area contributed by atoms with Crippen molar-refractivity contribution in [3.63, 3.8) is 0 Å². The summed E-state index contributed by atoms with van der Waals surface area (Å²) in [5.74, 6) is -0.679. The van der Waals surface area contributed by atoms with E-state index in [9.17, 15) is 14.5 Å². The molecule has 0 saturated heterocycles. The number of carbonyl (C=O) groups is 2. The van der Waals surface area contributed by atoms with Crippen LogP contribution < -0.4 is 0 Å². The van der Waals surface area contributed by atoms with Crippen molar-refractivity contribution in [1.82, 2.24) is 0 Å². The summed E-state index contributed by atoms with van der Waals surface area (Å²) in [7, 11) is 0. The molecule has 0 radical (unpaired) electrons. The second-order valence-electron chi connectivity index (χ2n) is 5.91. The Kier molecular flexibility index (Phi) is 10.6. The second kappa shape index (κ2) is 11.3. The van der Waals surface area contributed by atoms with Crippen LogP contribution in [0.5, 0.6) is 0 Å². The van der Waals surface area contributed by atoms with Crippen molar-refractivity contribution < 1.29 is 19.1 Å². The normalized spacial score (nSPS) is 14.9. The molecule has 1 amide bonds. The Labute approximate surface area is 132 Å². The van der Waals surface area contributed by atoms with Crippen LogP contribution in [0.15, 0.2) is 5.18 Å². The number of nitrogens with zero attached hydrogens (tertiary/aromatic N) is 1. The van der Waals surface area contributed by atoms with Crippen molar-refractivity contribution in [2.45, 2.75) is 71.8 Å². The van der Waals surface area contributed by atoms with Crippen LogP contribution in [0.2, 0.25) is 0 Å². The first-order valence-corrected chi connectivity index (χ1v) is 8.02. The standard InChI is InChI=1S/C16H29NO5/c1-5-13(3)9-11-22-16(4,6-2)10-12-21-15(19)8-7-14(18)17-20/h13H,5-12H2,1-4H3. The van der Waals surface area contributed by atoms with Crippen LogP contribution in [0.1, 0.15) is 66.2 Å². The van der Waals surface area contributed by atoms with Gasteiger partial charge in [-0.3, -0.25) is 9.59 Å². The highest BCUT2D eigenvalue weighted by atomic mass is 16.5. The molecule has 0 N–H and O–H groups in total. The summed E-state index contributed by atoms with van der Waals surface area (Å²) >= 11 is 0. The lowest BCUT2D eigenvalue weighted by molar-refractivity contribution is -0.147. The van der Waals surface area contributed by atoms with Gasteiger partial charge in [-0.25, -0.2) is 0 Å². The van der Waals surface area contributed by atoms with Gasteiger partial charge < -0.3 is 9.47 Å². The lowest BCUT2D eigenvalue weighted by Gasteiger charge is -2.29. The van der Waals surface area contributed by atoms with Gasteiger partial charge in [0.2, 0.25) is 0 Å². The van der Waals surface area contributed by atoms with E-state index in [-0.39, 0.29) is 25.0 Å². The molecule has 2 unspecified atom stereocenters. The van der Waals surface area contributed by atoms with E-state index in [0.29, 0.717) is 18.9 Å². The molecule has 2 atom stereocenters. The predicted molar refractivity (Wildman–Crippen MR) is 84.3 cm³/mol. The molecule has 0 saturated carbocycles. The maximum Gasteiger partial charge on any atom is 0.306 e. The Balaban J connectivity index is 3.98. The third-order valence-electron chi connectivity index (χ3n) is 4.04. The first-order valence-electron chi connectivity index (χ1n) is 8.02. The summed E-state index contributed by atoms with van der Waals surface area (Å²) in [5.41, 5.74) is -0.312. The van der Waals surface area contributed by atoms with Gasteiger partial charge in [0.15, 0.2) is 0 Å². The summed E-state index contributed by atoms with van der Waals surface area (Å²) in [4.78, 5) is 32.0. The van der Waals surface area contributed by atoms with E-state index >= 15 is 0 Å². The monoisotopic (exact) mass is 315 g/mol. The zero-order chi connectivity index (χ0) is 17.0. The van der Waals surface area contributed by atoms with Crippen molar-refractivity contribution >= 4 is 11.9 Å². The quantitative estimate of drug-likeness (QED) is 0.406. The van der Waals surface area contributed by atoms with Crippen molar-refractivity contribution in [3.8, 4) is 0 Å². The highest BCUT2D eigenvalue weighted by Crippen LogP contribution is 2.21. The van der Waals surface area contributed by atoms with Gasteiger partial charge >= 0.3 is 5.97 Å². The Bertz CT molecular complexity index is 358. The van der Waals surface area contributed by atoms with E-state index in [2.05, 4.69) is 19.0 Å². The molecule has 0 fully saturated rings. The molecule has 0 aromatic rings. The lowest BCUT2D eigenvalue weighted by Crippen LogP contribution is -2.31. The molecule has 0 aromatic carbocycles. The highest BCUT2D eigenvalue weighted by molar-refractivity contribution is 5.81. The van der Waals surface area contributed by atoms with Gasteiger partial charge in [-0.2, -0.15) is 0 Å². The Morgan fingerprint density at radius 1 is 1.18 bits per heavy atom. The molecular weight excluding hydrogens is 286 g/mol. The molecule has 0 bridgehead atoms. The third kappa shape index (κ3) is 9.60. The number of ether oxygens (including phenoxy) is 2. The number of rotatable bonds is 12. The minimum atomic E-state index is -0.830. The first-order chi connectivity index (χ1) is 10.4. The van der Waals surface area contributed by atoms with E-state index in [1.807, 2.05) is 13.8 Å². The number of hydrogen-bond acceptors (Lipinski definition) is 5. The molecule has 0 aromatic heterocycles. The molecule has 0 heterocycles. The Morgan fingerprint density at radius 3 is 2.41 bits per heavy atom. The maximum atomic E-state index is 11.4. The van der Waals surface area contributed by atoms with Gasteiger partial charge in [-0.15, -0.1) is 4.91 Å². The number of carbonyl (C=O) groups excluding carboxylic acids is 2. The van der Waals surface area contributed by atoms with Crippen LogP contribution in [-0.4, -0.2) is 30.7 Å². The SMILES string of the molecule is CCC(C)CCOC(C)(CC)CCOC(=O)CCC(=O)N=O. The molecule has 22 heavy (non-hydrogen) atoms. The van der Waals surface area contributed by atoms with Gasteiger partial charge in [0.05, 0.1) is 18.6 Å². The Morgan fingerprint density at radius 2 is 1.86 bits per heavy atom. The topological polar surface area (TPSA) is 82.0 Å². The number of nitroso groups, excluding NO2 is 1. The summed E-state index contributed by atoms with van der Waals surface area (Å²) in [6, 6.07) is 0. The highest BCUT2D eigenvalue weighted by Gasteiger charge is 2.23. The maximum absolute atomic E-state index is 11.4. The van der Waals surface area contributed by atoms with Crippen molar-refractivity contribution in [3.05, 3.63) is 4.91 Å². The minimum Gasteiger partial charge on any atom is -0.466 e. The van der Waals surface area contributed by atoms with E-state index in [4.69, 9.17) is 9.47 Å². The van der Waals surface area contributed by atoms with Crippen LogP contribution >= 0.6 is 0 Å². The van der Waals surface area contributed by atoms with Gasteiger partial charge in [-0.1, -0.05) is 27.2 Å². The first kappa shape index (κ1) is 20.7. The molecule has 0 aliphatic carbocycles. The van der Waals surface area contributed by atoms with E-state index in [1.165, 1.54) is 0 Å². The largest absolute Gasteiger partial charge is 0.466 e. The average molecular weight is 315 g/mol. The Hall–Kier alpha value is -1.30. The predicted octanol–water partition coefficient (Wildman–Crippen LogP) is 3.61. The molecule has 128 valence electrons. The van der Waals surface area contributed by atoms with Gasteiger partial charge in [-0.05, 0) is 25.7 Å². The van der Waals surface area contributed by atoms with Crippen LogP contribution in [0.25, 0.3) is 0 Å². The molecule has 0 aliphatic rings. The van der Waals surface area contributed by atoms with Crippen LogP contribution in [0, 0.1) is 10.8 Å². The fourth-order valence-electron chi connectivity index (χ4n) is 1.77. The minimum absolute atomic E-state index is 0.109. The molecule has 6 nitrogen and oxygen atoms in total. The molecular formula is C16H29NO5. The third-order valence-corrected chi connectivity index (χ3v) is 4.04. The summed E-state index contributed by atoms with van der Waals surface area (Å²) in [5, 5.41) is 2.23. The van der Waals surface area contributed by atoms with Crippen molar-refractivity contribution in [2.75, 3.05) is 13.2 Å². The van der Waals surface area contributed by atoms with Gasteiger partial charge in [0.25, 0.3) is 5.91 Å². The van der Waals surface area contributed by atoms with E-state index in [1.54, 1.807) is 0 Å². The van der Waals surface area contributed by atoms with Crippen LogP contribution in [-0.2, 0) is 19.1 Å². The summed E-state index contributed by atoms with van der Waals surface area (Å²) in [6.07, 6.45) is 3.29. The summed E-state index contributed by atoms with van der Waals surface area (Å²) < 4.78 is 11.0. The molecule has 0 rings (SSSR count). The average Bonchev–Trinajstić information content (AvgIpc) is 2.52. The zero-order valence-corrected chi connectivity index (χ0v) is 14.2. The van der Waals surface area contributed by atoms with Crippen LogP contribution in [0.4, 0.5) is 0 Å². The number of amides is 1. The lowest BCUT2D eigenvalue weighted by atomic mass is 9.99. The summed E-state index contributed by atoms with van der Waals surface area (Å²) in [6.45, 7) is 9.36. The number of hydrogen-bond donors (Lipinski definition) is 0. The fourth-order valence-corrected chi connectivity index (χ4v) is 1.77. The number of esters is 1. The van der Waals surface area contributed by atoms with Gasteiger partial charge in [0.1, 0.15) is 0 Å². The van der Waals surface area contributed by atoms with Crippen LogP contribution in [0.3, 0.4) is 0 Å². The van der Waals surface area contributed by atoms with E-state index < -0.39 is 11.9 Å². The molecule has 0 spiro atoms. The van der Waals surface area contributed by atoms with E-state index in [0.717, 1.165) is 19.3 Å². The second-order valence-corrected chi connectivity index (χ2v) is 5.91. The van der Waals surface area contributed by atoms with Gasteiger partial charge in [0, 0.05) is 24.6 Å². The zero-order valence-electron chi connectivity index (χ0n) is 14.2. The smallest absolute Gasteiger partial charge is 0.306 e. The van der Waals surface area contributed by atoms with Crippen molar-refractivity contribution in [2.24, 2.45) is 11.1 Å². The van der Waals surface area contributed by atoms with Crippen molar-refractivity contribution in [1.29, 1.82) is 0 Å². The molecule has 6 heteroatoms.